The minimum absolute atomic E-state index is 0.184. The van der Waals surface area contributed by atoms with Crippen LogP contribution in [0.15, 0.2) is 24.4 Å². The summed E-state index contributed by atoms with van der Waals surface area (Å²) in [4.78, 5) is 22.5. The second-order valence-electron chi connectivity index (χ2n) is 6.62. The van der Waals surface area contributed by atoms with E-state index >= 15 is 0 Å². The quantitative estimate of drug-likeness (QED) is 0.910. The Bertz CT molecular complexity index is 755. The molecule has 0 bridgehead atoms. The molecule has 1 aliphatic rings. The molecule has 0 radical (unpaired) electrons. The molecule has 1 amide bonds. The van der Waals surface area contributed by atoms with Crippen molar-refractivity contribution in [3.63, 3.8) is 0 Å². The van der Waals surface area contributed by atoms with Crippen molar-refractivity contribution in [3.8, 4) is 0 Å². The zero-order chi connectivity index (χ0) is 16.6. The molecule has 3 rings (SSSR count). The maximum absolute atomic E-state index is 11.4. The van der Waals surface area contributed by atoms with E-state index in [0.29, 0.717) is 11.5 Å². The molecule has 0 unspecified atom stereocenters. The molecular weight excluding hydrogens is 292 g/mol. The lowest BCUT2D eigenvalue weighted by Gasteiger charge is -2.26. The third kappa shape index (κ3) is 3.09. The van der Waals surface area contributed by atoms with Crippen LogP contribution >= 0.6 is 0 Å². The first kappa shape index (κ1) is 15.6. The summed E-state index contributed by atoms with van der Waals surface area (Å²) in [5, 5.41) is 10.2. The van der Waals surface area contributed by atoms with Crippen molar-refractivity contribution >= 4 is 22.8 Å². The Balaban J connectivity index is 1.82. The van der Waals surface area contributed by atoms with Gasteiger partial charge in [0.15, 0.2) is 0 Å². The summed E-state index contributed by atoms with van der Waals surface area (Å²) in [6.07, 6.45) is 5.49. The van der Waals surface area contributed by atoms with Crippen molar-refractivity contribution in [1.82, 2.24) is 4.57 Å². The minimum Gasteiger partial charge on any atom is -0.481 e. The van der Waals surface area contributed by atoms with E-state index < -0.39 is 11.9 Å². The number of carbonyl (C=O) groups excluding carboxylic acids is 1. The Morgan fingerprint density at radius 2 is 1.96 bits per heavy atom. The van der Waals surface area contributed by atoms with E-state index in [-0.39, 0.29) is 5.92 Å². The van der Waals surface area contributed by atoms with Crippen molar-refractivity contribution < 1.29 is 14.7 Å². The summed E-state index contributed by atoms with van der Waals surface area (Å²) in [5.41, 5.74) is 8.11. The second-order valence-corrected chi connectivity index (χ2v) is 6.62. The zero-order valence-corrected chi connectivity index (χ0v) is 13.3. The number of rotatable bonds is 4. The van der Waals surface area contributed by atoms with Gasteiger partial charge in [-0.05, 0) is 56.2 Å². The van der Waals surface area contributed by atoms with Gasteiger partial charge in [0.25, 0.3) is 0 Å². The predicted molar refractivity (Wildman–Crippen MR) is 88.3 cm³/mol. The van der Waals surface area contributed by atoms with Crippen LogP contribution in [0.25, 0.3) is 10.9 Å². The fourth-order valence-corrected chi connectivity index (χ4v) is 3.65. The van der Waals surface area contributed by atoms with Crippen LogP contribution in [0.3, 0.4) is 0 Å². The fourth-order valence-electron chi connectivity index (χ4n) is 3.65. The topological polar surface area (TPSA) is 85.3 Å². The standard InChI is InChI=1S/C18H22N2O3/c1-11-9-20(10-12-2-4-13(5-3-12)18(22)23)16-8-14(17(19)21)6-7-15(11)16/h6-9,12-13H,2-5,10H2,1H3,(H2,19,21)(H,22,23). The average molecular weight is 314 g/mol. The number of amides is 1. The summed E-state index contributed by atoms with van der Waals surface area (Å²) >= 11 is 0. The Labute approximate surface area is 135 Å². The number of carboxylic acids is 1. The molecule has 1 aliphatic carbocycles. The van der Waals surface area contributed by atoms with Crippen molar-refractivity contribution in [2.75, 3.05) is 0 Å². The molecule has 122 valence electrons. The van der Waals surface area contributed by atoms with E-state index in [1.54, 1.807) is 6.07 Å². The van der Waals surface area contributed by atoms with Gasteiger partial charge in [-0.25, -0.2) is 0 Å². The van der Waals surface area contributed by atoms with E-state index in [4.69, 9.17) is 10.8 Å². The van der Waals surface area contributed by atoms with E-state index in [9.17, 15) is 9.59 Å². The summed E-state index contributed by atoms with van der Waals surface area (Å²) in [6.45, 7) is 2.92. The Kier molecular flexibility index (Phi) is 4.11. The highest BCUT2D eigenvalue weighted by molar-refractivity contribution is 5.97. The van der Waals surface area contributed by atoms with Gasteiger partial charge in [0.1, 0.15) is 0 Å². The highest BCUT2D eigenvalue weighted by Crippen LogP contribution is 2.31. The molecule has 0 aliphatic heterocycles. The van der Waals surface area contributed by atoms with Crippen LogP contribution in [0.5, 0.6) is 0 Å². The molecule has 1 fully saturated rings. The van der Waals surface area contributed by atoms with E-state index in [0.717, 1.165) is 43.1 Å². The van der Waals surface area contributed by atoms with Crippen LogP contribution in [0.2, 0.25) is 0 Å². The number of hydrogen-bond acceptors (Lipinski definition) is 2. The molecule has 1 heterocycles. The third-order valence-corrected chi connectivity index (χ3v) is 5.02. The Morgan fingerprint density at radius 1 is 1.26 bits per heavy atom. The molecule has 0 spiro atoms. The molecule has 1 saturated carbocycles. The number of aromatic nitrogens is 1. The van der Waals surface area contributed by atoms with Crippen molar-refractivity contribution in [2.45, 2.75) is 39.2 Å². The van der Waals surface area contributed by atoms with Gasteiger partial charge in [-0.2, -0.15) is 0 Å². The molecule has 1 aromatic carbocycles. The molecule has 0 atom stereocenters. The maximum Gasteiger partial charge on any atom is 0.306 e. The molecule has 23 heavy (non-hydrogen) atoms. The van der Waals surface area contributed by atoms with Gasteiger partial charge < -0.3 is 15.4 Å². The molecular formula is C18H22N2O3. The zero-order valence-electron chi connectivity index (χ0n) is 13.3. The van der Waals surface area contributed by atoms with Gasteiger partial charge in [0.2, 0.25) is 5.91 Å². The highest BCUT2D eigenvalue weighted by Gasteiger charge is 2.26. The molecule has 1 aromatic heterocycles. The summed E-state index contributed by atoms with van der Waals surface area (Å²) in [5.74, 6) is -0.787. The lowest BCUT2D eigenvalue weighted by Crippen LogP contribution is -2.23. The number of nitrogens with two attached hydrogens (primary N) is 1. The number of primary amides is 1. The van der Waals surface area contributed by atoms with Gasteiger partial charge in [0.05, 0.1) is 5.92 Å². The van der Waals surface area contributed by atoms with E-state index in [1.165, 1.54) is 5.56 Å². The molecule has 5 heteroatoms. The molecule has 2 aromatic rings. The van der Waals surface area contributed by atoms with Crippen LogP contribution in [-0.4, -0.2) is 21.6 Å². The average Bonchev–Trinajstić information content (AvgIpc) is 2.83. The van der Waals surface area contributed by atoms with Crippen molar-refractivity contribution in [2.24, 2.45) is 17.6 Å². The van der Waals surface area contributed by atoms with Crippen LogP contribution in [0, 0.1) is 18.8 Å². The normalized spacial score (nSPS) is 21.4. The van der Waals surface area contributed by atoms with Crippen LogP contribution < -0.4 is 5.73 Å². The van der Waals surface area contributed by atoms with Crippen molar-refractivity contribution in [3.05, 3.63) is 35.5 Å². The number of benzene rings is 1. The Morgan fingerprint density at radius 3 is 2.57 bits per heavy atom. The monoisotopic (exact) mass is 314 g/mol. The molecule has 0 saturated heterocycles. The molecule has 3 N–H and O–H groups in total. The fraction of sp³-hybridized carbons (Fsp3) is 0.444. The van der Waals surface area contributed by atoms with Crippen LogP contribution in [-0.2, 0) is 11.3 Å². The van der Waals surface area contributed by atoms with Crippen LogP contribution in [0.1, 0.15) is 41.6 Å². The van der Waals surface area contributed by atoms with Gasteiger partial charge in [-0.3, -0.25) is 9.59 Å². The first-order valence-corrected chi connectivity index (χ1v) is 8.08. The van der Waals surface area contributed by atoms with Gasteiger partial charge in [-0.1, -0.05) is 6.07 Å². The summed E-state index contributed by atoms with van der Waals surface area (Å²) in [6, 6.07) is 5.57. The van der Waals surface area contributed by atoms with Crippen LogP contribution in [0.4, 0.5) is 0 Å². The summed E-state index contributed by atoms with van der Waals surface area (Å²) in [7, 11) is 0. The number of aryl methyl sites for hydroxylation is 1. The molecule has 5 nitrogen and oxygen atoms in total. The largest absolute Gasteiger partial charge is 0.481 e. The number of fused-ring (bicyclic) bond motifs is 1. The van der Waals surface area contributed by atoms with Crippen molar-refractivity contribution in [1.29, 1.82) is 0 Å². The Hall–Kier alpha value is -2.30. The lowest BCUT2D eigenvalue weighted by molar-refractivity contribution is -0.143. The number of nitrogens with zero attached hydrogens (tertiary/aromatic N) is 1. The third-order valence-electron chi connectivity index (χ3n) is 5.02. The second kappa shape index (κ2) is 6.07. The predicted octanol–water partition coefficient (Wildman–Crippen LogP) is 2.94. The lowest BCUT2D eigenvalue weighted by atomic mass is 9.82. The highest BCUT2D eigenvalue weighted by atomic mass is 16.4. The SMILES string of the molecule is Cc1cn(CC2CCC(C(=O)O)CC2)c2cc(C(N)=O)ccc12. The number of hydrogen-bond donors (Lipinski definition) is 2. The minimum atomic E-state index is -0.670. The first-order valence-electron chi connectivity index (χ1n) is 8.08. The summed E-state index contributed by atoms with van der Waals surface area (Å²) < 4.78 is 2.18. The maximum atomic E-state index is 11.4. The number of carboxylic acid groups (broad SMARTS) is 1. The van der Waals surface area contributed by atoms with Gasteiger partial charge >= 0.3 is 5.97 Å². The van der Waals surface area contributed by atoms with Gasteiger partial charge in [-0.15, -0.1) is 0 Å². The van der Waals surface area contributed by atoms with E-state index in [1.807, 2.05) is 12.1 Å². The smallest absolute Gasteiger partial charge is 0.306 e. The first-order chi connectivity index (χ1) is 11.0. The number of aliphatic carboxylic acids is 1. The van der Waals surface area contributed by atoms with E-state index in [2.05, 4.69) is 17.7 Å². The van der Waals surface area contributed by atoms with Gasteiger partial charge in [0, 0.05) is 29.2 Å². The number of carbonyl (C=O) groups is 2.